The summed E-state index contributed by atoms with van der Waals surface area (Å²) in [6, 6.07) is 4.98. The Morgan fingerprint density at radius 3 is 2.70 bits per heavy atom. The molecule has 0 atom stereocenters. The average molecular weight is 472 g/mol. The number of aromatic nitrogens is 2. The molecule has 0 fully saturated rings. The van der Waals surface area contributed by atoms with Gasteiger partial charge in [0.25, 0.3) is 5.91 Å². The van der Waals surface area contributed by atoms with Gasteiger partial charge in [-0.1, -0.05) is 0 Å². The quantitative estimate of drug-likeness (QED) is 0.234. The number of carboxylic acids is 1. The molecular formula is C23H29N5O4S. The molecule has 0 saturated carbocycles. The third kappa shape index (κ3) is 6.25. The van der Waals surface area contributed by atoms with Crippen LogP contribution in [0.3, 0.4) is 0 Å². The molecule has 33 heavy (non-hydrogen) atoms. The molecule has 1 amide bonds. The van der Waals surface area contributed by atoms with E-state index in [1.54, 1.807) is 23.6 Å². The number of aryl methyl sites for hydroxylation is 1. The molecule has 0 unspecified atom stereocenters. The molecule has 1 aromatic carbocycles. The Morgan fingerprint density at radius 1 is 1.21 bits per heavy atom. The fourth-order valence-electron chi connectivity index (χ4n) is 3.58. The van der Waals surface area contributed by atoms with E-state index in [1.165, 1.54) is 11.3 Å². The van der Waals surface area contributed by atoms with Gasteiger partial charge in [0, 0.05) is 28.3 Å². The number of carboxylic acid groups (broad SMARTS) is 1. The van der Waals surface area contributed by atoms with Crippen LogP contribution in [0.5, 0.6) is 0 Å². The molecule has 3 rings (SSSR count). The summed E-state index contributed by atoms with van der Waals surface area (Å²) in [4.78, 5) is 46.0. The first-order valence-corrected chi connectivity index (χ1v) is 11.7. The lowest BCUT2D eigenvalue weighted by Gasteiger charge is -2.07. The van der Waals surface area contributed by atoms with Crippen molar-refractivity contribution in [2.75, 3.05) is 32.5 Å². The topological polar surface area (TPSA) is 141 Å². The Balaban J connectivity index is 1.71. The summed E-state index contributed by atoms with van der Waals surface area (Å²) in [5, 5.41) is 14.9. The number of benzene rings is 1. The fourth-order valence-corrected chi connectivity index (χ4v) is 4.29. The third-order valence-electron chi connectivity index (χ3n) is 5.28. The number of unbranched alkanes of at least 4 members (excludes halogenated alkanes) is 1. The number of hydrogen-bond acceptors (Lipinski definition) is 7. The lowest BCUT2D eigenvalue weighted by Crippen LogP contribution is -2.13. The first-order valence-electron chi connectivity index (χ1n) is 10.8. The monoisotopic (exact) mass is 471 g/mol. The normalized spacial score (nSPS) is 11.3. The fraction of sp³-hybridized carbons (Fsp3) is 0.391. The number of hydrogen-bond donors (Lipinski definition) is 4. The number of anilines is 1. The number of Topliss-reactive ketones (excluding diaryl/α,β-unsaturated/α-hetero) is 1. The van der Waals surface area contributed by atoms with Crippen molar-refractivity contribution in [3.05, 3.63) is 46.1 Å². The molecule has 3 aromatic rings. The highest BCUT2D eigenvalue weighted by molar-refractivity contribution is 7.14. The van der Waals surface area contributed by atoms with Gasteiger partial charge in [-0.05, 0) is 76.6 Å². The van der Waals surface area contributed by atoms with Crippen molar-refractivity contribution in [3.8, 4) is 0 Å². The predicted octanol–water partition coefficient (Wildman–Crippen LogP) is 3.38. The van der Waals surface area contributed by atoms with Crippen LogP contribution >= 0.6 is 11.3 Å². The van der Waals surface area contributed by atoms with E-state index in [1.807, 2.05) is 14.1 Å². The Bertz CT molecular complexity index is 1150. The van der Waals surface area contributed by atoms with Crippen LogP contribution < -0.4 is 11.1 Å². The van der Waals surface area contributed by atoms with Crippen molar-refractivity contribution < 1.29 is 19.5 Å². The highest BCUT2D eigenvalue weighted by Crippen LogP contribution is 2.26. The van der Waals surface area contributed by atoms with Gasteiger partial charge in [-0.25, -0.2) is 9.78 Å². The minimum atomic E-state index is -1.05. The molecule has 0 radical (unpaired) electrons. The van der Waals surface area contributed by atoms with Gasteiger partial charge in [0.05, 0.1) is 0 Å². The lowest BCUT2D eigenvalue weighted by molar-refractivity contribution is 0.0689. The molecule has 0 aliphatic carbocycles. The van der Waals surface area contributed by atoms with Crippen LogP contribution in [0.2, 0.25) is 0 Å². The Morgan fingerprint density at radius 2 is 2.00 bits per heavy atom. The molecule has 9 nitrogen and oxygen atoms in total. The number of carbonyl (C=O) groups excluding carboxylic acids is 2. The van der Waals surface area contributed by atoms with Crippen LogP contribution in [0.15, 0.2) is 23.6 Å². The van der Waals surface area contributed by atoms with E-state index in [4.69, 9.17) is 5.73 Å². The number of rotatable bonds is 12. The van der Waals surface area contributed by atoms with Gasteiger partial charge in [-0.3, -0.25) is 14.9 Å². The second-order valence-electron chi connectivity index (χ2n) is 8.11. The number of nitrogens with zero attached hydrogens (tertiary/aromatic N) is 2. The summed E-state index contributed by atoms with van der Waals surface area (Å²) in [5.74, 6) is -1.46. The average Bonchev–Trinajstić information content (AvgIpc) is 3.39. The van der Waals surface area contributed by atoms with Crippen LogP contribution in [0, 0.1) is 0 Å². The molecule has 5 N–H and O–H groups in total. The lowest BCUT2D eigenvalue weighted by atomic mass is 10.0. The van der Waals surface area contributed by atoms with E-state index >= 15 is 0 Å². The molecular weight excluding hydrogens is 442 g/mol. The Hall–Kier alpha value is -3.08. The van der Waals surface area contributed by atoms with Gasteiger partial charge in [0.2, 0.25) is 0 Å². The van der Waals surface area contributed by atoms with Gasteiger partial charge in [0.15, 0.2) is 10.9 Å². The van der Waals surface area contributed by atoms with Crippen LogP contribution in [0.25, 0.3) is 10.9 Å². The standard InChI is InChI=1S/C23H29N5O4S/c1-28(2)11-4-3-7-19(29)18-13-33-23(26-18)27-21(30)14-8-9-17-16(12-14)15(6-5-10-24)20(25-17)22(31)32/h8-9,12-13,25H,3-7,10-11,24H2,1-2H3,(H,31,32)(H,26,27,30). The Kier molecular flexibility index (Phi) is 8.32. The molecule has 0 aliphatic rings. The number of thiazole rings is 1. The van der Waals surface area contributed by atoms with Crippen molar-refractivity contribution in [2.24, 2.45) is 5.73 Å². The van der Waals surface area contributed by atoms with E-state index in [0.717, 1.165) is 19.4 Å². The molecule has 176 valence electrons. The minimum absolute atomic E-state index is 0.0370. The number of nitrogens with two attached hydrogens (primary N) is 1. The maximum Gasteiger partial charge on any atom is 0.352 e. The zero-order valence-corrected chi connectivity index (χ0v) is 19.6. The molecule has 0 spiro atoms. The Labute approximate surface area is 196 Å². The second kappa shape index (κ2) is 11.2. The second-order valence-corrected chi connectivity index (χ2v) is 8.97. The first-order chi connectivity index (χ1) is 15.8. The third-order valence-corrected chi connectivity index (χ3v) is 6.04. The first kappa shape index (κ1) is 24.6. The van der Waals surface area contributed by atoms with Gasteiger partial charge in [0.1, 0.15) is 11.4 Å². The number of fused-ring (bicyclic) bond motifs is 1. The van der Waals surface area contributed by atoms with Crippen LogP contribution in [-0.4, -0.2) is 64.8 Å². The number of aromatic amines is 1. The predicted molar refractivity (Wildman–Crippen MR) is 129 cm³/mol. The number of nitrogens with one attached hydrogen (secondary N) is 2. The summed E-state index contributed by atoms with van der Waals surface area (Å²) in [7, 11) is 3.99. The van der Waals surface area contributed by atoms with E-state index in [9.17, 15) is 19.5 Å². The molecule has 2 aromatic heterocycles. The maximum atomic E-state index is 12.8. The van der Waals surface area contributed by atoms with Crippen molar-refractivity contribution >= 4 is 45.0 Å². The number of carbonyl (C=O) groups is 3. The van der Waals surface area contributed by atoms with Gasteiger partial charge in [-0.2, -0.15) is 0 Å². The van der Waals surface area contributed by atoms with Crippen LogP contribution in [-0.2, 0) is 6.42 Å². The summed E-state index contributed by atoms with van der Waals surface area (Å²) in [6.45, 7) is 1.37. The van der Waals surface area contributed by atoms with Crippen molar-refractivity contribution in [3.63, 3.8) is 0 Å². The van der Waals surface area contributed by atoms with E-state index < -0.39 is 5.97 Å². The maximum absolute atomic E-state index is 12.8. The summed E-state index contributed by atoms with van der Waals surface area (Å²) in [5.41, 5.74) is 7.72. The molecule has 2 heterocycles. The van der Waals surface area contributed by atoms with Gasteiger partial charge < -0.3 is 20.7 Å². The van der Waals surface area contributed by atoms with Crippen molar-refractivity contribution in [1.29, 1.82) is 0 Å². The van der Waals surface area contributed by atoms with Crippen molar-refractivity contribution in [2.45, 2.75) is 32.1 Å². The number of aromatic carboxylic acids is 1. The minimum Gasteiger partial charge on any atom is -0.477 e. The number of H-pyrrole nitrogens is 1. The molecule has 0 saturated heterocycles. The smallest absolute Gasteiger partial charge is 0.352 e. The largest absolute Gasteiger partial charge is 0.477 e. The summed E-state index contributed by atoms with van der Waals surface area (Å²) >= 11 is 1.20. The van der Waals surface area contributed by atoms with Gasteiger partial charge in [-0.15, -0.1) is 11.3 Å². The van der Waals surface area contributed by atoms with E-state index in [-0.39, 0.29) is 17.4 Å². The van der Waals surface area contributed by atoms with E-state index in [2.05, 4.69) is 20.2 Å². The summed E-state index contributed by atoms with van der Waals surface area (Å²) < 4.78 is 0. The zero-order chi connectivity index (χ0) is 24.0. The highest BCUT2D eigenvalue weighted by Gasteiger charge is 2.19. The summed E-state index contributed by atoms with van der Waals surface area (Å²) in [6.07, 6.45) is 3.28. The molecule has 0 aliphatic heterocycles. The zero-order valence-electron chi connectivity index (χ0n) is 18.8. The van der Waals surface area contributed by atoms with Crippen molar-refractivity contribution in [1.82, 2.24) is 14.9 Å². The number of ketones is 1. The highest BCUT2D eigenvalue weighted by atomic mass is 32.1. The molecule has 0 bridgehead atoms. The molecule has 10 heteroatoms. The van der Waals surface area contributed by atoms with Crippen LogP contribution in [0.4, 0.5) is 5.13 Å². The SMILES string of the molecule is CN(C)CCCCC(=O)c1csc(NC(=O)c2ccc3[nH]c(C(=O)O)c(CCCN)c3c2)n1. The van der Waals surface area contributed by atoms with Gasteiger partial charge >= 0.3 is 5.97 Å². The number of amides is 1. The van der Waals surface area contributed by atoms with E-state index in [0.29, 0.717) is 58.7 Å². The van der Waals surface area contributed by atoms with Crippen LogP contribution in [0.1, 0.15) is 62.6 Å².